The maximum absolute atomic E-state index is 11.5. The van der Waals surface area contributed by atoms with Gasteiger partial charge in [-0.3, -0.25) is 0 Å². The number of hydrogen-bond donors (Lipinski definition) is 2. The van der Waals surface area contributed by atoms with Gasteiger partial charge < -0.3 is 15.4 Å². The minimum Gasteiger partial charge on any atom is -0.462 e. The van der Waals surface area contributed by atoms with Crippen molar-refractivity contribution < 1.29 is 14.3 Å². The normalized spacial score (nSPS) is 9.38. The van der Waals surface area contributed by atoms with Gasteiger partial charge in [0, 0.05) is 7.05 Å². The molecular weight excluding hydrogens is 208 g/mol. The Morgan fingerprint density at radius 1 is 1.31 bits per heavy atom. The number of carbonyl (C=O) groups excluding carboxylic acids is 2. The van der Waals surface area contributed by atoms with E-state index in [1.165, 1.54) is 7.05 Å². The van der Waals surface area contributed by atoms with Crippen molar-refractivity contribution in [2.24, 2.45) is 0 Å². The van der Waals surface area contributed by atoms with Crippen LogP contribution in [0.25, 0.3) is 0 Å². The minimum atomic E-state index is -0.450. The lowest BCUT2D eigenvalue weighted by Gasteiger charge is -2.09. The molecule has 0 radical (unpaired) electrons. The molecule has 1 aromatic carbocycles. The Kier molecular flexibility index (Phi) is 4.32. The van der Waals surface area contributed by atoms with Crippen LogP contribution in [-0.2, 0) is 4.74 Å². The average Bonchev–Trinajstić information content (AvgIpc) is 2.30. The van der Waals surface area contributed by atoms with Gasteiger partial charge in [-0.15, -0.1) is 0 Å². The molecule has 0 atom stereocenters. The second kappa shape index (κ2) is 5.75. The van der Waals surface area contributed by atoms with E-state index in [-0.39, 0.29) is 6.03 Å². The van der Waals surface area contributed by atoms with E-state index in [2.05, 4.69) is 10.6 Å². The van der Waals surface area contributed by atoms with Crippen LogP contribution in [0.3, 0.4) is 0 Å². The highest BCUT2D eigenvalue weighted by molar-refractivity contribution is 6.00. The van der Waals surface area contributed by atoms with E-state index in [0.29, 0.717) is 17.9 Å². The Morgan fingerprint density at radius 3 is 2.62 bits per heavy atom. The van der Waals surface area contributed by atoms with Crippen molar-refractivity contribution in [3.63, 3.8) is 0 Å². The van der Waals surface area contributed by atoms with E-state index in [1.54, 1.807) is 31.2 Å². The zero-order valence-corrected chi connectivity index (χ0v) is 9.24. The van der Waals surface area contributed by atoms with Crippen LogP contribution in [0.15, 0.2) is 24.3 Å². The molecule has 0 fully saturated rings. The Hall–Kier alpha value is -2.04. The van der Waals surface area contributed by atoms with Gasteiger partial charge in [0.15, 0.2) is 0 Å². The molecule has 86 valence electrons. The number of urea groups is 1. The molecule has 0 saturated heterocycles. The number of ether oxygens (including phenoxy) is 1. The average molecular weight is 222 g/mol. The molecule has 0 heterocycles. The topological polar surface area (TPSA) is 67.4 Å². The molecule has 2 amide bonds. The lowest BCUT2D eigenvalue weighted by atomic mass is 10.2. The number of rotatable bonds is 3. The molecule has 0 aliphatic carbocycles. The highest BCUT2D eigenvalue weighted by Gasteiger charge is 2.12. The fourth-order valence-corrected chi connectivity index (χ4v) is 1.16. The summed E-state index contributed by atoms with van der Waals surface area (Å²) in [6.45, 7) is 2.03. The summed E-state index contributed by atoms with van der Waals surface area (Å²) < 4.78 is 4.87. The van der Waals surface area contributed by atoms with Crippen molar-refractivity contribution >= 4 is 17.7 Å². The summed E-state index contributed by atoms with van der Waals surface area (Å²) in [6.07, 6.45) is 0. The van der Waals surface area contributed by atoms with Gasteiger partial charge in [-0.25, -0.2) is 9.59 Å². The Balaban J connectivity index is 2.91. The maximum Gasteiger partial charge on any atom is 0.340 e. The van der Waals surface area contributed by atoms with Gasteiger partial charge in [0.2, 0.25) is 0 Å². The molecule has 5 nitrogen and oxygen atoms in total. The number of para-hydroxylation sites is 1. The quantitative estimate of drug-likeness (QED) is 0.763. The molecule has 16 heavy (non-hydrogen) atoms. The predicted octanol–water partition coefficient (Wildman–Crippen LogP) is 1.61. The second-order valence-electron chi connectivity index (χ2n) is 2.97. The van der Waals surface area contributed by atoms with Gasteiger partial charge in [-0.05, 0) is 19.1 Å². The summed E-state index contributed by atoms with van der Waals surface area (Å²) in [5, 5.41) is 4.96. The van der Waals surface area contributed by atoms with Crippen LogP contribution in [0, 0.1) is 0 Å². The number of anilines is 1. The second-order valence-corrected chi connectivity index (χ2v) is 2.97. The number of amides is 2. The van der Waals surface area contributed by atoms with Crippen molar-refractivity contribution in [3.8, 4) is 0 Å². The standard InChI is InChI=1S/C11H14N2O3/c1-3-16-10(14)8-6-4-5-7-9(8)13-11(15)12-2/h4-7H,3H2,1-2H3,(H2,12,13,15). The van der Waals surface area contributed by atoms with Crippen LogP contribution >= 0.6 is 0 Å². The molecule has 5 heteroatoms. The summed E-state index contributed by atoms with van der Waals surface area (Å²) in [5.41, 5.74) is 0.772. The van der Waals surface area contributed by atoms with Crippen LogP contribution in [0.4, 0.5) is 10.5 Å². The summed E-state index contributed by atoms with van der Waals surface area (Å²) in [4.78, 5) is 22.7. The summed E-state index contributed by atoms with van der Waals surface area (Å²) in [7, 11) is 1.50. The molecule has 0 aliphatic heterocycles. The van der Waals surface area contributed by atoms with Crippen LogP contribution in [0.1, 0.15) is 17.3 Å². The first kappa shape index (κ1) is 12.0. The third-order valence-electron chi connectivity index (χ3n) is 1.90. The fraction of sp³-hybridized carbons (Fsp3) is 0.273. The Labute approximate surface area is 93.8 Å². The van der Waals surface area contributed by atoms with Crippen LogP contribution < -0.4 is 10.6 Å². The van der Waals surface area contributed by atoms with Gasteiger partial charge >= 0.3 is 12.0 Å². The third kappa shape index (κ3) is 2.98. The van der Waals surface area contributed by atoms with Gasteiger partial charge in [0.1, 0.15) is 0 Å². The SMILES string of the molecule is CCOC(=O)c1ccccc1NC(=O)NC. The van der Waals surface area contributed by atoms with E-state index in [0.717, 1.165) is 0 Å². The highest BCUT2D eigenvalue weighted by atomic mass is 16.5. The Bertz CT molecular complexity index is 391. The molecule has 1 aromatic rings. The first-order valence-corrected chi connectivity index (χ1v) is 4.94. The molecule has 0 spiro atoms. The van der Waals surface area contributed by atoms with Crippen molar-refractivity contribution in [2.45, 2.75) is 6.92 Å². The minimum absolute atomic E-state index is 0.299. The van der Waals surface area contributed by atoms with Crippen molar-refractivity contribution in [1.29, 1.82) is 0 Å². The third-order valence-corrected chi connectivity index (χ3v) is 1.90. The van der Waals surface area contributed by atoms with E-state index < -0.39 is 5.97 Å². The molecule has 1 rings (SSSR count). The largest absolute Gasteiger partial charge is 0.462 e. The van der Waals surface area contributed by atoms with Crippen LogP contribution in [0.2, 0.25) is 0 Å². The fourth-order valence-electron chi connectivity index (χ4n) is 1.16. The Morgan fingerprint density at radius 2 is 2.00 bits per heavy atom. The van der Waals surface area contributed by atoms with Gasteiger partial charge in [0.25, 0.3) is 0 Å². The predicted molar refractivity (Wildman–Crippen MR) is 60.5 cm³/mol. The van der Waals surface area contributed by atoms with Crippen LogP contribution in [-0.4, -0.2) is 25.7 Å². The molecule has 0 bridgehead atoms. The summed E-state index contributed by atoms with van der Waals surface area (Å²) in [6, 6.07) is 6.30. The molecule has 0 unspecified atom stereocenters. The molecule has 2 N–H and O–H groups in total. The van der Waals surface area contributed by atoms with E-state index in [9.17, 15) is 9.59 Å². The van der Waals surface area contributed by atoms with E-state index >= 15 is 0 Å². The zero-order valence-electron chi connectivity index (χ0n) is 9.24. The van der Waals surface area contributed by atoms with Crippen molar-refractivity contribution in [3.05, 3.63) is 29.8 Å². The number of carbonyl (C=O) groups is 2. The monoisotopic (exact) mass is 222 g/mol. The maximum atomic E-state index is 11.5. The van der Waals surface area contributed by atoms with Crippen LogP contribution in [0.5, 0.6) is 0 Å². The smallest absolute Gasteiger partial charge is 0.340 e. The molecule has 0 saturated carbocycles. The number of hydrogen-bond acceptors (Lipinski definition) is 3. The van der Waals surface area contributed by atoms with Gasteiger partial charge in [0.05, 0.1) is 17.9 Å². The first-order valence-electron chi connectivity index (χ1n) is 4.94. The number of benzene rings is 1. The summed E-state index contributed by atoms with van der Waals surface area (Å²) in [5.74, 6) is -0.450. The first-order chi connectivity index (χ1) is 7.69. The number of nitrogens with one attached hydrogen (secondary N) is 2. The van der Waals surface area contributed by atoms with Gasteiger partial charge in [-0.2, -0.15) is 0 Å². The van der Waals surface area contributed by atoms with E-state index in [1.807, 2.05) is 0 Å². The number of esters is 1. The van der Waals surface area contributed by atoms with E-state index in [4.69, 9.17) is 4.74 Å². The molecular formula is C11H14N2O3. The summed E-state index contributed by atoms with van der Waals surface area (Å²) >= 11 is 0. The van der Waals surface area contributed by atoms with Crippen molar-refractivity contribution in [1.82, 2.24) is 5.32 Å². The molecule has 0 aliphatic rings. The lowest BCUT2D eigenvalue weighted by Crippen LogP contribution is -2.25. The highest BCUT2D eigenvalue weighted by Crippen LogP contribution is 2.15. The molecule has 0 aromatic heterocycles. The zero-order chi connectivity index (χ0) is 12.0. The lowest BCUT2D eigenvalue weighted by molar-refractivity contribution is 0.0527. The van der Waals surface area contributed by atoms with Crippen molar-refractivity contribution in [2.75, 3.05) is 19.0 Å². The van der Waals surface area contributed by atoms with Gasteiger partial charge in [-0.1, -0.05) is 12.1 Å².